The Kier molecular flexibility index (Phi) is 3.58. The minimum atomic E-state index is -0.967. The van der Waals surface area contributed by atoms with E-state index in [1.165, 1.54) is 23.1 Å². The van der Waals surface area contributed by atoms with Crippen molar-refractivity contribution in [2.75, 3.05) is 0 Å². The molecule has 0 aliphatic heterocycles. The molecule has 0 aliphatic carbocycles. The summed E-state index contributed by atoms with van der Waals surface area (Å²) in [5.74, 6) is -0.967. The van der Waals surface area contributed by atoms with E-state index in [1.807, 2.05) is 46.3 Å². The Morgan fingerprint density at radius 1 is 1.35 bits per heavy atom. The molecule has 0 saturated carbocycles. The summed E-state index contributed by atoms with van der Waals surface area (Å²) in [6.07, 6.45) is 4.61. The molecule has 6 heteroatoms. The zero-order valence-corrected chi connectivity index (χ0v) is 11.9. The van der Waals surface area contributed by atoms with Crippen molar-refractivity contribution in [2.45, 2.75) is 9.92 Å². The Balaban J connectivity index is 2.03. The number of aliphatic carboxylic acids is 1. The average molecular weight is 302 g/mol. The molecular formula is C14H10N2O2S2. The van der Waals surface area contributed by atoms with Crippen molar-refractivity contribution in [1.29, 1.82) is 0 Å². The molecule has 0 radical (unpaired) electrons. The molecular weight excluding hydrogens is 292 g/mol. The third-order valence-corrected chi connectivity index (χ3v) is 4.37. The summed E-state index contributed by atoms with van der Waals surface area (Å²) in [5, 5.41) is 11.5. The SMILES string of the molecule is O=C(O)/C=C/c1c(Sc2ccccc2)nc2sccn12. The van der Waals surface area contributed by atoms with Crippen LogP contribution in [-0.2, 0) is 4.79 Å². The first-order valence-electron chi connectivity index (χ1n) is 5.83. The predicted molar refractivity (Wildman–Crippen MR) is 80.3 cm³/mol. The van der Waals surface area contributed by atoms with Gasteiger partial charge in [0.25, 0.3) is 0 Å². The van der Waals surface area contributed by atoms with E-state index in [2.05, 4.69) is 4.98 Å². The van der Waals surface area contributed by atoms with Gasteiger partial charge in [-0.3, -0.25) is 4.40 Å². The highest BCUT2D eigenvalue weighted by molar-refractivity contribution is 7.99. The first-order valence-corrected chi connectivity index (χ1v) is 7.53. The van der Waals surface area contributed by atoms with Crippen molar-refractivity contribution in [1.82, 2.24) is 9.38 Å². The van der Waals surface area contributed by atoms with Gasteiger partial charge < -0.3 is 5.11 Å². The lowest BCUT2D eigenvalue weighted by molar-refractivity contribution is -0.131. The molecule has 1 N–H and O–H groups in total. The molecule has 2 heterocycles. The van der Waals surface area contributed by atoms with Crippen LogP contribution < -0.4 is 0 Å². The summed E-state index contributed by atoms with van der Waals surface area (Å²) in [6.45, 7) is 0. The van der Waals surface area contributed by atoms with Crippen LogP contribution >= 0.6 is 23.1 Å². The number of fused-ring (bicyclic) bond motifs is 1. The number of hydrogen-bond donors (Lipinski definition) is 1. The zero-order chi connectivity index (χ0) is 13.9. The first kappa shape index (κ1) is 13.0. The van der Waals surface area contributed by atoms with Gasteiger partial charge in [-0.2, -0.15) is 0 Å². The Hall–Kier alpha value is -2.05. The molecule has 0 unspecified atom stereocenters. The summed E-state index contributed by atoms with van der Waals surface area (Å²) in [6, 6.07) is 9.90. The van der Waals surface area contributed by atoms with Crippen molar-refractivity contribution >= 4 is 40.1 Å². The number of carboxylic acids is 1. The maximum absolute atomic E-state index is 10.7. The third-order valence-electron chi connectivity index (χ3n) is 2.61. The second-order valence-electron chi connectivity index (χ2n) is 3.94. The van der Waals surface area contributed by atoms with Gasteiger partial charge in [0.05, 0.1) is 5.69 Å². The molecule has 4 nitrogen and oxygen atoms in total. The van der Waals surface area contributed by atoms with E-state index in [1.54, 1.807) is 6.08 Å². The van der Waals surface area contributed by atoms with Crippen LogP contribution in [-0.4, -0.2) is 20.5 Å². The van der Waals surface area contributed by atoms with Crippen LogP contribution in [0.2, 0.25) is 0 Å². The van der Waals surface area contributed by atoms with Gasteiger partial charge >= 0.3 is 5.97 Å². The Morgan fingerprint density at radius 2 is 2.15 bits per heavy atom. The van der Waals surface area contributed by atoms with E-state index in [9.17, 15) is 4.79 Å². The number of carboxylic acid groups (broad SMARTS) is 1. The molecule has 1 aromatic carbocycles. The lowest BCUT2D eigenvalue weighted by Gasteiger charge is -1.99. The molecule has 3 rings (SSSR count). The van der Waals surface area contributed by atoms with E-state index in [0.29, 0.717) is 0 Å². The van der Waals surface area contributed by atoms with Gasteiger partial charge in [0.15, 0.2) is 4.96 Å². The summed E-state index contributed by atoms with van der Waals surface area (Å²) in [5.41, 5.74) is 0.789. The fourth-order valence-corrected chi connectivity index (χ4v) is 3.46. The summed E-state index contributed by atoms with van der Waals surface area (Å²) in [7, 11) is 0. The van der Waals surface area contributed by atoms with E-state index < -0.39 is 5.97 Å². The molecule has 20 heavy (non-hydrogen) atoms. The predicted octanol–water partition coefficient (Wildman–Crippen LogP) is 3.64. The van der Waals surface area contributed by atoms with Gasteiger partial charge in [0.2, 0.25) is 0 Å². The number of aromatic nitrogens is 2. The van der Waals surface area contributed by atoms with Crippen LogP contribution in [0.5, 0.6) is 0 Å². The highest BCUT2D eigenvalue weighted by atomic mass is 32.2. The average Bonchev–Trinajstić information content (AvgIpc) is 2.99. The van der Waals surface area contributed by atoms with Crippen molar-refractivity contribution in [3.05, 3.63) is 53.7 Å². The quantitative estimate of drug-likeness (QED) is 0.748. The number of imidazole rings is 1. The molecule has 0 atom stereocenters. The highest BCUT2D eigenvalue weighted by Gasteiger charge is 2.12. The molecule has 0 spiro atoms. The summed E-state index contributed by atoms with van der Waals surface area (Å²) >= 11 is 3.05. The number of benzene rings is 1. The Labute approximate surface area is 123 Å². The van der Waals surface area contributed by atoms with E-state index in [-0.39, 0.29) is 0 Å². The van der Waals surface area contributed by atoms with Crippen molar-refractivity contribution in [2.24, 2.45) is 0 Å². The third kappa shape index (κ3) is 2.61. The topological polar surface area (TPSA) is 54.6 Å². The van der Waals surface area contributed by atoms with E-state index >= 15 is 0 Å². The number of hydrogen-bond acceptors (Lipinski definition) is 4. The van der Waals surface area contributed by atoms with Gasteiger partial charge in [0.1, 0.15) is 5.03 Å². The van der Waals surface area contributed by atoms with E-state index in [4.69, 9.17) is 5.11 Å². The first-order chi connectivity index (χ1) is 9.74. The Morgan fingerprint density at radius 3 is 2.90 bits per heavy atom. The van der Waals surface area contributed by atoms with Crippen LogP contribution in [0.15, 0.2) is 57.9 Å². The fraction of sp³-hybridized carbons (Fsp3) is 0. The second kappa shape index (κ2) is 5.52. The number of thiazole rings is 1. The van der Waals surface area contributed by atoms with Crippen LogP contribution in [0.4, 0.5) is 0 Å². The summed E-state index contributed by atoms with van der Waals surface area (Å²) in [4.78, 5) is 17.2. The van der Waals surface area contributed by atoms with Gasteiger partial charge in [-0.15, -0.1) is 11.3 Å². The molecule has 0 saturated heterocycles. The lowest BCUT2D eigenvalue weighted by atomic mass is 10.4. The lowest BCUT2D eigenvalue weighted by Crippen LogP contribution is -1.88. The van der Waals surface area contributed by atoms with Crippen molar-refractivity contribution < 1.29 is 9.90 Å². The standard InChI is InChI=1S/C14H10N2O2S2/c17-12(18)7-6-11-13(15-14-16(11)8-9-19-14)20-10-4-2-1-3-5-10/h1-9H,(H,17,18)/b7-6+. The molecule has 0 amide bonds. The van der Waals surface area contributed by atoms with Gasteiger partial charge in [-0.05, 0) is 18.2 Å². The molecule has 100 valence electrons. The maximum atomic E-state index is 10.7. The monoisotopic (exact) mass is 302 g/mol. The number of carbonyl (C=O) groups is 1. The zero-order valence-electron chi connectivity index (χ0n) is 10.3. The molecule has 3 aromatic rings. The van der Waals surface area contributed by atoms with Gasteiger partial charge in [0, 0.05) is 22.5 Å². The highest BCUT2D eigenvalue weighted by Crippen LogP contribution is 2.32. The number of nitrogens with zero attached hydrogens (tertiary/aromatic N) is 2. The number of rotatable bonds is 4. The molecule has 0 fully saturated rings. The van der Waals surface area contributed by atoms with Gasteiger partial charge in [-0.1, -0.05) is 30.0 Å². The molecule has 0 aliphatic rings. The van der Waals surface area contributed by atoms with Crippen molar-refractivity contribution in [3.63, 3.8) is 0 Å². The van der Waals surface area contributed by atoms with Crippen molar-refractivity contribution in [3.8, 4) is 0 Å². The van der Waals surface area contributed by atoms with Crippen LogP contribution in [0.25, 0.3) is 11.0 Å². The molecule has 0 bridgehead atoms. The summed E-state index contributed by atoms with van der Waals surface area (Å²) < 4.78 is 1.90. The van der Waals surface area contributed by atoms with Crippen LogP contribution in [0.3, 0.4) is 0 Å². The largest absolute Gasteiger partial charge is 0.478 e. The normalized spacial score (nSPS) is 11.4. The second-order valence-corrected chi connectivity index (χ2v) is 5.88. The minimum absolute atomic E-state index is 0.789. The van der Waals surface area contributed by atoms with Crippen LogP contribution in [0, 0.1) is 0 Å². The van der Waals surface area contributed by atoms with Crippen LogP contribution in [0.1, 0.15) is 5.69 Å². The Bertz CT molecular complexity index is 775. The minimum Gasteiger partial charge on any atom is -0.478 e. The fourth-order valence-electron chi connectivity index (χ4n) is 1.76. The maximum Gasteiger partial charge on any atom is 0.328 e. The smallest absolute Gasteiger partial charge is 0.328 e. The molecule has 2 aromatic heterocycles. The van der Waals surface area contributed by atoms with E-state index in [0.717, 1.165) is 26.7 Å². The van der Waals surface area contributed by atoms with Gasteiger partial charge in [-0.25, -0.2) is 9.78 Å².